The van der Waals surface area contributed by atoms with Crippen LogP contribution in [0.2, 0.25) is 5.02 Å². The molecular formula is C16H16ClN3O2. The van der Waals surface area contributed by atoms with Crippen LogP contribution in [0.5, 0.6) is 0 Å². The summed E-state index contributed by atoms with van der Waals surface area (Å²) < 4.78 is 0. The Morgan fingerprint density at radius 1 is 0.864 bits per heavy atom. The fraction of sp³-hybridized carbons (Fsp3) is 0.188. The molecule has 2 amide bonds. The van der Waals surface area contributed by atoms with E-state index in [1.807, 2.05) is 0 Å². The summed E-state index contributed by atoms with van der Waals surface area (Å²) in [5, 5.41) is 6.17. The fourth-order valence-electron chi connectivity index (χ4n) is 1.80. The molecule has 0 spiro atoms. The molecule has 0 atom stereocenters. The Bertz CT molecular complexity index is 630. The molecule has 0 aliphatic rings. The van der Waals surface area contributed by atoms with Gasteiger partial charge in [0, 0.05) is 41.6 Å². The minimum Gasteiger partial charge on any atom is -0.352 e. The van der Waals surface area contributed by atoms with Crippen molar-refractivity contribution in [2.24, 2.45) is 0 Å². The van der Waals surface area contributed by atoms with E-state index in [2.05, 4.69) is 15.6 Å². The fourth-order valence-corrected chi connectivity index (χ4v) is 1.93. The molecule has 0 saturated heterocycles. The van der Waals surface area contributed by atoms with E-state index in [1.165, 1.54) is 0 Å². The predicted octanol–water partition coefficient (Wildman–Crippen LogP) is 2.28. The topological polar surface area (TPSA) is 71.1 Å². The average molecular weight is 318 g/mol. The Labute approximate surface area is 133 Å². The predicted molar refractivity (Wildman–Crippen MR) is 85.0 cm³/mol. The van der Waals surface area contributed by atoms with Crippen molar-refractivity contribution in [3.05, 3.63) is 64.9 Å². The second kappa shape index (κ2) is 8.14. The van der Waals surface area contributed by atoms with Gasteiger partial charge >= 0.3 is 0 Å². The molecule has 0 saturated carbocycles. The third-order valence-electron chi connectivity index (χ3n) is 2.97. The number of amides is 2. The number of hydrogen-bond donors (Lipinski definition) is 2. The Hall–Kier alpha value is -2.40. The second-order valence-corrected chi connectivity index (χ2v) is 5.04. The highest BCUT2D eigenvalue weighted by molar-refractivity contribution is 6.30. The Morgan fingerprint density at radius 2 is 1.36 bits per heavy atom. The number of carbonyl (C=O) groups is 2. The van der Waals surface area contributed by atoms with Gasteiger partial charge in [-0.05, 0) is 42.8 Å². The first-order valence-corrected chi connectivity index (χ1v) is 7.26. The molecule has 0 unspecified atom stereocenters. The molecule has 1 aromatic heterocycles. The summed E-state index contributed by atoms with van der Waals surface area (Å²) in [5.74, 6) is -0.302. The number of nitrogens with one attached hydrogen (secondary N) is 2. The molecule has 2 rings (SSSR count). The van der Waals surface area contributed by atoms with Crippen LogP contribution >= 0.6 is 11.6 Å². The lowest BCUT2D eigenvalue weighted by molar-refractivity contribution is 0.0951. The van der Waals surface area contributed by atoms with Gasteiger partial charge < -0.3 is 10.6 Å². The average Bonchev–Trinajstić information content (AvgIpc) is 2.55. The molecule has 2 N–H and O–H groups in total. The lowest BCUT2D eigenvalue weighted by atomic mass is 10.2. The number of nitrogens with zero attached hydrogens (tertiary/aromatic N) is 1. The van der Waals surface area contributed by atoms with Gasteiger partial charge in [-0.25, -0.2) is 0 Å². The van der Waals surface area contributed by atoms with Crippen LogP contribution in [0.25, 0.3) is 0 Å². The number of halogens is 1. The Morgan fingerprint density at radius 3 is 1.91 bits per heavy atom. The Kier molecular flexibility index (Phi) is 5.91. The highest BCUT2D eigenvalue weighted by Crippen LogP contribution is 2.09. The van der Waals surface area contributed by atoms with Crippen LogP contribution in [0.3, 0.4) is 0 Å². The van der Waals surface area contributed by atoms with Crippen molar-refractivity contribution in [1.29, 1.82) is 0 Å². The summed E-state index contributed by atoms with van der Waals surface area (Å²) in [6.07, 6.45) is 3.79. The smallest absolute Gasteiger partial charge is 0.251 e. The lowest BCUT2D eigenvalue weighted by Crippen LogP contribution is -2.29. The zero-order valence-corrected chi connectivity index (χ0v) is 12.6. The molecule has 1 heterocycles. The van der Waals surface area contributed by atoms with Crippen LogP contribution in [-0.4, -0.2) is 29.9 Å². The molecule has 5 nitrogen and oxygen atoms in total. The van der Waals surface area contributed by atoms with Crippen LogP contribution in [0, 0.1) is 0 Å². The summed E-state index contributed by atoms with van der Waals surface area (Å²) >= 11 is 5.77. The van der Waals surface area contributed by atoms with Crippen molar-refractivity contribution in [1.82, 2.24) is 15.6 Å². The van der Waals surface area contributed by atoms with Crippen molar-refractivity contribution in [2.45, 2.75) is 6.42 Å². The molecule has 0 aliphatic carbocycles. The molecule has 0 bridgehead atoms. The molecule has 2 aromatic rings. The molecule has 1 aromatic carbocycles. The van der Waals surface area contributed by atoms with E-state index >= 15 is 0 Å². The number of aromatic nitrogens is 1. The van der Waals surface area contributed by atoms with Crippen LogP contribution < -0.4 is 10.6 Å². The van der Waals surface area contributed by atoms with Gasteiger partial charge in [0.2, 0.25) is 0 Å². The molecule has 0 fully saturated rings. The van der Waals surface area contributed by atoms with Crippen LogP contribution in [0.15, 0.2) is 48.8 Å². The summed E-state index contributed by atoms with van der Waals surface area (Å²) in [6.45, 7) is 0.972. The van der Waals surface area contributed by atoms with Gasteiger partial charge in [0.25, 0.3) is 11.8 Å². The summed E-state index contributed by atoms with van der Waals surface area (Å²) in [5.41, 5.74) is 1.13. The highest BCUT2D eigenvalue weighted by atomic mass is 35.5. The summed E-state index contributed by atoms with van der Waals surface area (Å²) in [4.78, 5) is 27.4. The van der Waals surface area contributed by atoms with Gasteiger partial charge in [0.05, 0.1) is 0 Å². The van der Waals surface area contributed by atoms with Gasteiger partial charge in [-0.3, -0.25) is 14.6 Å². The first-order chi connectivity index (χ1) is 10.7. The van der Waals surface area contributed by atoms with Gasteiger partial charge in [-0.1, -0.05) is 11.6 Å². The van der Waals surface area contributed by atoms with E-state index in [1.54, 1.807) is 48.8 Å². The maximum Gasteiger partial charge on any atom is 0.251 e. The first kappa shape index (κ1) is 16.0. The summed E-state index contributed by atoms with van der Waals surface area (Å²) in [7, 11) is 0. The molecule has 0 aliphatic heterocycles. The van der Waals surface area contributed by atoms with E-state index in [9.17, 15) is 9.59 Å². The van der Waals surface area contributed by atoms with Crippen molar-refractivity contribution in [3.8, 4) is 0 Å². The summed E-state index contributed by atoms with van der Waals surface area (Å²) in [6, 6.07) is 9.98. The van der Waals surface area contributed by atoms with Crippen molar-refractivity contribution in [2.75, 3.05) is 13.1 Å². The number of pyridine rings is 1. The lowest BCUT2D eigenvalue weighted by Gasteiger charge is -2.07. The Balaban J connectivity index is 1.66. The van der Waals surface area contributed by atoms with E-state index < -0.39 is 0 Å². The van der Waals surface area contributed by atoms with Crippen LogP contribution in [-0.2, 0) is 0 Å². The largest absolute Gasteiger partial charge is 0.352 e. The quantitative estimate of drug-likeness (QED) is 0.803. The molecule has 6 heteroatoms. The van der Waals surface area contributed by atoms with Crippen molar-refractivity contribution in [3.63, 3.8) is 0 Å². The standard InChI is InChI=1S/C16H16ClN3O2/c17-14-4-2-12(3-5-14)15(21)19-8-1-9-20-16(22)13-6-10-18-11-7-13/h2-7,10-11H,1,8-9H2,(H,19,21)(H,20,22). The first-order valence-electron chi connectivity index (χ1n) is 6.89. The number of benzene rings is 1. The molecule has 114 valence electrons. The minimum atomic E-state index is -0.155. The van der Waals surface area contributed by atoms with Gasteiger partial charge in [-0.2, -0.15) is 0 Å². The van der Waals surface area contributed by atoms with Gasteiger partial charge in [-0.15, -0.1) is 0 Å². The zero-order valence-electron chi connectivity index (χ0n) is 11.9. The van der Waals surface area contributed by atoms with Gasteiger partial charge in [0.1, 0.15) is 0 Å². The van der Waals surface area contributed by atoms with E-state index in [0.29, 0.717) is 35.7 Å². The number of hydrogen-bond acceptors (Lipinski definition) is 3. The zero-order chi connectivity index (χ0) is 15.8. The van der Waals surface area contributed by atoms with E-state index in [0.717, 1.165) is 0 Å². The van der Waals surface area contributed by atoms with E-state index in [-0.39, 0.29) is 11.8 Å². The highest BCUT2D eigenvalue weighted by Gasteiger charge is 2.05. The maximum atomic E-state index is 11.8. The van der Waals surface area contributed by atoms with Crippen LogP contribution in [0.4, 0.5) is 0 Å². The second-order valence-electron chi connectivity index (χ2n) is 4.61. The minimum absolute atomic E-state index is 0.147. The third-order valence-corrected chi connectivity index (χ3v) is 3.23. The normalized spacial score (nSPS) is 10.0. The molecular weight excluding hydrogens is 302 g/mol. The van der Waals surface area contributed by atoms with Crippen LogP contribution in [0.1, 0.15) is 27.1 Å². The monoisotopic (exact) mass is 317 g/mol. The van der Waals surface area contributed by atoms with E-state index in [4.69, 9.17) is 11.6 Å². The number of rotatable bonds is 6. The van der Waals surface area contributed by atoms with Gasteiger partial charge in [0.15, 0.2) is 0 Å². The maximum absolute atomic E-state index is 11.8. The SMILES string of the molecule is O=C(NCCCNC(=O)c1ccc(Cl)cc1)c1ccncc1. The molecule has 22 heavy (non-hydrogen) atoms. The molecule has 0 radical (unpaired) electrons. The van der Waals surface area contributed by atoms with Crippen molar-refractivity contribution < 1.29 is 9.59 Å². The number of carbonyl (C=O) groups excluding carboxylic acids is 2. The van der Waals surface area contributed by atoms with Crippen molar-refractivity contribution >= 4 is 23.4 Å². The third kappa shape index (κ3) is 4.86.